The van der Waals surface area contributed by atoms with Crippen LogP contribution in [0.5, 0.6) is 0 Å². The molecule has 3 nitrogen and oxygen atoms in total. The molecule has 0 atom stereocenters. The minimum atomic E-state index is 0. The SMILES string of the molecule is Cl.O=C(CCC1CCNCC1)NCc1ccc(Br)s1. The Morgan fingerprint density at radius 2 is 2.16 bits per heavy atom. The van der Waals surface area contributed by atoms with Crippen molar-refractivity contribution in [3.05, 3.63) is 20.8 Å². The molecule has 0 bridgehead atoms. The average Bonchev–Trinajstić information content (AvgIpc) is 2.81. The molecule has 1 aliphatic heterocycles. The van der Waals surface area contributed by atoms with Gasteiger partial charge in [-0.25, -0.2) is 0 Å². The van der Waals surface area contributed by atoms with Crippen molar-refractivity contribution in [2.24, 2.45) is 5.92 Å². The lowest BCUT2D eigenvalue weighted by Crippen LogP contribution is -2.29. The molecule has 2 rings (SSSR count). The van der Waals surface area contributed by atoms with Crippen molar-refractivity contribution in [2.45, 2.75) is 32.2 Å². The number of piperidine rings is 1. The standard InChI is InChI=1S/C13H19BrN2OS.ClH/c14-12-3-2-11(18-12)9-16-13(17)4-1-10-5-7-15-8-6-10;/h2-3,10,15H,1,4-9H2,(H,16,17);1H. The predicted molar refractivity (Wildman–Crippen MR) is 85.9 cm³/mol. The molecule has 2 heterocycles. The number of hydrogen-bond donors (Lipinski definition) is 2. The van der Waals surface area contributed by atoms with Crippen molar-refractivity contribution in [3.63, 3.8) is 0 Å². The summed E-state index contributed by atoms with van der Waals surface area (Å²) >= 11 is 5.09. The molecule has 1 saturated heterocycles. The van der Waals surface area contributed by atoms with Crippen LogP contribution in [0.25, 0.3) is 0 Å². The first-order valence-electron chi connectivity index (χ1n) is 6.45. The number of amides is 1. The van der Waals surface area contributed by atoms with Gasteiger partial charge in [-0.05, 0) is 66.3 Å². The molecule has 0 spiro atoms. The van der Waals surface area contributed by atoms with E-state index in [1.54, 1.807) is 11.3 Å². The Hall–Kier alpha value is -0.100. The molecule has 1 fully saturated rings. The molecule has 1 amide bonds. The molecule has 0 aromatic carbocycles. The number of hydrogen-bond acceptors (Lipinski definition) is 3. The Bertz CT molecular complexity index is 394. The van der Waals surface area contributed by atoms with Gasteiger partial charge in [0.1, 0.15) is 0 Å². The van der Waals surface area contributed by atoms with Crippen LogP contribution in [-0.4, -0.2) is 19.0 Å². The summed E-state index contributed by atoms with van der Waals surface area (Å²) in [6.45, 7) is 2.87. The monoisotopic (exact) mass is 366 g/mol. The molecule has 19 heavy (non-hydrogen) atoms. The van der Waals surface area contributed by atoms with Gasteiger partial charge in [-0.2, -0.15) is 0 Å². The Kier molecular flexibility index (Phi) is 7.99. The van der Waals surface area contributed by atoms with E-state index in [0.29, 0.717) is 13.0 Å². The Morgan fingerprint density at radius 1 is 1.42 bits per heavy atom. The van der Waals surface area contributed by atoms with Crippen LogP contribution in [0.15, 0.2) is 15.9 Å². The largest absolute Gasteiger partial charge is 0.351 e. The molecule has 108 valence electrons. The molecule has 6 heteroatoms. The van der Waals surface area contributed by atoms with Crippen molar-refractivity contribution in [2.75, 3.05) is 13.1 Å². The van der Waals surface area contributed by atoms with E-state index in [1.165, 1.54) is 17.7 Å². The van der Waals surface area contributed by atoms with Crippen LogP contribution in [0.1, 0.15) is 30.6 Å². The topological polar surface area (TPSA) is 41.1 Å². The second-order valence-corrected chi connectivity index (χ2v) is 7.26. The van der Waals surface area contributed by atoms with Gasteiger partial charge in [-0.15, -0.1) is 23.7 Å². The van der Waals surface area contributed by atoms with Gasteiger partial charge in [0.05, 0.1) is 10.3 Å². The van der Waals surface area contributed by atoms with Crippen LogP contribution < -0.4 is 10.6 Å². The highest BCUT2D eigenvalue weighted by Gasteiger charge is 2.14. The average molecular weight is 368 g/mol. The van der Waals surface area contributed by atoms with E-state index >= 15 is 0 Å². The quantitative estimate of drug-likeness (QED) is 0.838. The highest BCUT2D eigenvalue weighted by molar-refractivity contribution is 9.11. The zero-order chi connectivity index (χ0) is 12.8. The normalized spacial score (nSPS) is 15.8. The van der Waals surface area contributed by atoms with E-state index in [2.05, 4.69) is 26.6 Å². The van der Waals surface area contributed by atoms with Gasteiger partial charge in [0.25, 0.3) is 0 Å². The number of halogens is 2. The zero-order valence-electron chi connectivity index (χ0n) is 10.8. The third kappa shape index (κ3) is 6.25. The fraction of sp³-hybridized carbons (Fsp3) is 0.615. The predicted octanol–water partition coefficient (Wildman–Crippen LogP) is 3.33. The van der Waals surface area contributed by atoms with Gasteiger partial charge < -0.3 is 10.6 Å². The van der Waals surface area contributed by atoms with Gasteiger partial charge in [-0.1, -0.05) is 0 Å². The van der Waals surface area contributed by atoms with Crippen LogP contribution in [0.4, 0.5) is 0 Å². The minimum absolute atomic E-state index is 0. The molecule has 0 unspecified atom stereocenters. The highest BCUT2D eigenvalue weighted by atomic mass is 79.9. The molecule has 1 aromatic heterocycles. The van der Waals surface area contributed by atoms with Crippen LogP contribution in [0.2, 0.25) is 0 Å². The fourth-order valence-electron chi connectivity index (χ4n) is 2.23. The maximum atomic E-state index is 11.7. The summed E-state index contributed by atoms with van der Waals surface area (Å²) < 4.78 is 1.11. The number of carbonyl (C=O) groups is 1. The number of nitrogens with one attached hydrogen (secondary N) is 2. The lowest BCUT2D eigenvalue weighted by atomic mass is 9.93. The first kappa shape index (κ1) is 17.0. The lowest BCUT2D eigenvalue weighted by molar-refractivity contribution is -0.121. The van der Waals surface area contributed by atoms with Gasteiger partial charge in [0, 0.05) is 11.3 Å². The fourth-order valence-corrected chi connectivity index (χ4v) is 3.65. The van der Waals surface area contributed by atoms with Crippen LogP contribution >= 0.6 is 39.7 Å². The molecule has 1 aliphatic rings. The summed E-state index contributed by atoms with van der Waals surface area (Å²) in [5.41, 5.74) is 0. The first-order valence-corrected chi connectivity index (χ1v) is 8.06. The summed E-state index contributed by atoms with van der Waals surface area (Å²) in [5, 5.41) is 6.33. The van der Waals surface area contributed by atoms with E-state index in [9.17, 15) is 4.79 Å². The third-order valence-electron chi connectivity index (χ3n) is 3.33. The summed E-state index contributed by atoms with van der Waals surface area (Å²) in [5.74, 6) is 0.908. The van der Waals surface area contributed by atoms with E-state index in [4.69, 9.17) is 0 Å². The van der Waals surface area contributed by atoms with Gasteiger partial charge in [-0.3, -0.25) is 4.79 Å². The molecular formula is C13H20BrClN2OS. The summed E-state index contributed by atoms with van der Waals surface area (Å²) in [7, 11) is 0. The molecule has 0 radical (unpaired) electrons. The van der Waals surface area contributed by atoms with E-state index < -0.39 is 0 Å². The van der Waals surface area contributed by atoms with E-state index in [-0.39, 0.29) is 18.3 Å². The minimum Gasteiger partial charge on any atom is -0.351 e. The van der Waals surface area contributed by atoms with Crippen molar-refractivity contribution in [1.82, 2.24) is 10.6 Å². The summed E-state index contributed by atoms with van der Waals surface area (Å²) in [6.07, 6.45) is 4.12. The van der Waals surface area contributed by atoms with Crippen LogP contribution in [0, 0.1) is 5.92 Å². The Balaban J connectivity index is 0.00000180. The maximum absolute atomic E-state index is 11.7. The van der Waals surface area contributed by atoms with E-state index in [0.717, 1.165) is 29.2 Å². The number of thiophene rings is 1. The van der Waals surface area contributed by atoms with Gasteiger partial charge >= 0.3 is 0 Å². The summed E-state index contributed by atoms with van der Waals surface area (Å²) in [4.78, 5) is 12.9. The van der Waals surface area contributed by atoms with E-state index in [1.807, 2.05) is 12.1 Å². The van der Waals surface area contributed by atoms with Gasteiger partial charge in [0.15, 0.2) is 0 Å². The number of carbonyl (C=O) groups excluding carboxylic acids is 1. The van der Waals surface area contributed by atoms with Crippen molar-refractivity contribution in [1.29, 1.82) is 0 Å². The van der Waals surface area contributed by atoms with Crippen molar-refractivity contribution in [3.8, 4) is 0 Å². The van der Waals surface area contributed by atoms with Crippen molar-refractivity contribution >= 4 is 45.6 Å². The van der Waals surface area contributed by atoms with Crippen LogP contribution in [0.3, 0.4) is 0 Å². The smallest absolute Gasteiger partial charge is 0.220 e. The molecular weight excluding hydrogens is 348 g/mol. The summed E-state index contributed by atoms with van der Waals surface area (Å²) in [6, 6.07) is 4.06. The van der Waals surface area contributed by atoms with Crippen LogP contribution in [-0.2, 0) is 11.3 Å². The Morgan fingerprint density at radius 3 is 2.79 bits per heavy atom. The second kappa shape index (κ2) is 8.95. The van der Waals surface area contributed by atoms with Crippen molar-refractivity contribution < 1.29 is 4.79 Å². The Labute approximate surface area is 133 Å². The maximum Gasteiger partial charge on any atom is 0.220 e. The molecule has 1 aromatic rings. The zero-order valence-corrected chi connectivity index (χ0v) is 14.0. The highest BCUT2D eigenvalue weighted by Crippen LogP contribution is 2.22. The van der Waals surface area contributed by atoms with Gasteiger partial charge in [0.2, 0.25) is 5.91 Å². The molecule has 0 saturated carbocycles. The third-order valence-corrected chi connectivity index (χ3v) is 4.95. The molecule has 0 aliphatic carbocycles. The number of rotatable bonds is 5. The lowest BCUT2D eigenvalue weighted by Gasteiger charge is -2.22. The first-order chi connectivity index (χ1) is 8.74. The second-order valence-electron chi connectivity index (χ2n) is 4.71. The molecule has 2 N–H and O–H groups in total.